The Morgan fingerprint density at radius 1 is 1.47 bits per heavy atom. The van der Waals surface area contributed by atoms with Crippen LogP contribution in [0.4, 0.5) is 10.5 Å². The summed E-state index contributed by atoms with van der Waals surface area (Å²) in [6, 6.07) is 5.98. The lowest BCUT2D eigenvalue weighted by molar-refractivity contribution is -0.117. The Labute approximate surface area is 112 Å². The largest absolute Gasteiger partial charge is 0.450 e. The molecule has 1 heterocycles. The summed E-state index contributed by atoms with van der Waals surface area (Å²) in [6.45, 7) is 2.67. The molecule has 2 rings (SSSR count). The summed E-state index contributed by atoms with van der Waals surface area (Å²) < 4.78 is 4.78. The van der Waals surface area contributed by atoms with Crippen molar-refractivity contribution in [3.05, 3.63) is 29.3 Å². The van der Waals surface area contributed by atoms with E-state index in [1.54, 1.807) is 18.9 Å². The average molecular weight is 262 g/mol. The molecular formula is C14H18N2O3. The molecule has 0 aromatic heterocycles. The van der Waals surface area contributed by atoms with Crippen LogP contribution >= 0.6 is 0 Å². The van der Waals surface area contributed by atoms with Gasteiger partial charge in [0.1, 0.15) is 0 Å². The zero-order valence-corrected chi connectivity index (χ0v) is 11.2. The number of carbonyl (C=O) groups excluding carboxylic acids is 2. The maximum atomic E-state index is 11.6. The summed E-state index contributed by atoms with van der Waals surface area (Å²) in [5.74, 6) is 0.122. The molecule has 5 heteroatoms. The van der Waals surface area contributed by atoms with E-state index in [2.05, 4.69) is 5.32 Å². The first-order valence-electron chi connectivity index (χ1n) is 6.40. The number of nitrogens with zero attached hydrogens (tertiary/aromatic N) is 1. The van der Waals surface area contributed by atoms with Gasteiger partial charge < -0.3 is 15.0 Å². The van der Waals surface area contributed by atoms with Crippen molar-refractivity contribution in [2.45, 2.75) is 19.8 Å². The number of hydrogen-bond donors (Lipinski definition) is 1. The van der Waals surface area contributed by atoms with Gasteiger partial charge in [-0.05, 0) is 30.5 Å². The highest BCUT2D eigenvalue weighted by atomic mass is 16.5. The fraction of sp³-hybridized carbons (Fsp3) is 0.429. The summed E-state index contributed by atoms with van der Waals surface area (Å²) in [4.78, 5) is 24.4. The van der Waals surface area contributed by atoms with Crippen LogP contribution in [0.2, 0.25) is 0 Å². The standard InChI is InChI=1S/C14H18N2O3/c1-3-19-14(18)15-7-6-10-4-5-12-11(8-10)9-13(17)16(12)2/h4-5,8H,3,6-7,9H2,1-2H3,(H,15,18). The molecule has 0 bridgehead atoms. The second-order valence-electron chi connectivity index (χ2n) is 4.49. The molecule has 1 aliphatic heterocycles. The van der Waals surface area contributed by atoms with Crippen LogP contribution in [0.5, 0.6) is 0 Å². The van der Waals surface area contributed by atoms with Gasteiger partial charge in [0.05, 0.1) is 13.0 Å². The van der Waals surface area contributed by atoms with E-state index in [1.165, 1.54) is 0 Å². The molecule has 2 amide bonds. The molecule has 0 unspecified atom stereocenters. The van der Waals surface area contributed by atoms with Crippen molar-refractivity contribution < 1.29 is 14.3 Å². The minimum Gasteiger partial charge on any atom is -0.450 e. The molecule has 1 aliphatic rings. The van der Waals surface area contributed by atoms with Crippen molar-refractivity contribution in [3.63, 3.8) is 0 Å². The highest BCUT2D eigenvalue weighted by molar-refractivity contribution is 6.00. The first-order valence-corrected chi connectivity index (χ1v) is 6.40. The van der Waals surface area contributed by atoms with Gasteiger partial charge in [-0.1, -0.05) is 12.1 Å². The molecule has 102 valence electrons. The molecule has 0 spiro atoms. The van der Waals surface area contributed by atoms with Gasteiger partial charge in [-0.3, -0.25) is 4.79 Å². The average Bonchev–Trinajstić information content (AvgIpc) is 2.65. The van der Waals surface area contributed by atoms with Crippen molar-refractivity contribution in [2.75, 3.05) is 25.1 Å². The number of likely N-dealkylation sites (N-methyl/N-ethyl adjacent to an activating group) is 1. The summed E-state index contributed by atoms with van der Waals surface area (Å²) in [5.41, 5.74) is 3.15. The van der Waals surface area contributed by atoms with E-state index in [-0.39, 0.29) is 5.91 Å². The fourth-order valence-electron chi connectivity index (χ4n) is 2.17. The number of carbonyl (C=O) groups is 2. The molecule has 0 aliphatic carbocycles. The van der Waals surface area contributed by atoms with Gasteiger partial charge in [-0.15, -0.1) is 0 Å². The van der Waals surface area contributed by atoms with E-state index in [0.717, 1.165) is 23.2 Å². The van der Waals surface area contributed by atoms with Gasteiger partial charge in [0, 0.05) is 19.3 Å². The summed E-state index contributed by atoms with van der Waals surface area (Å²) >= 11 is 0. The number of nitrogens with one attached hydrogen (secondary N) is 1. The third-order valence-electron chi connectivity index (χ3n) is 3.18. The van der Waals surface area contributed by atoms with Gasteiger partial charge in [0.25, 0.3) is 0 Å². The van der Waals surface area contributed by atoms with Crippen LogP contribution in [-0.4, -0.2) is 32.2 Å². The van der Waals surface area contributed by atoms with Crippen molar-refractivity contribution in [3.8, 4) is 0 Å². The Hall–Kier alpha value is -2.04. The third kappa shape index (κ3) is 3.05. The van der Waals surface area contributed by atoms with E-state index in [0.29, 0.717) is 19.6 Å². The number of rotatable bonds is 4. The Kier molecular flexibility index (Phi) is 4.04. The molecule has 1 N–H and O–H groups in total. The van der Waals surface area contributed by atoms with Crippen LogP contribution in [0, 0.1) is 0 Å². The van der Waals surface area contributed by atoms with Crippen LogP contribution in [0.1, 0.15) is 18.1 Å². The maximum Gasteiger partial charge on any atom is 0.407 e. The lowest BCUT2D eigenvalue weighted by Gasteiger charge is -2.10. The molecule has 19 heavy (non-hydrogen) atoms. The lowest BCUT2D eigenvalue weighted by atomic mass is 10.1. The predicted molar refractivity (Wildman–Crippen MR) is 72.3 cm³/mol. The van der Waals surface area contributed by atoms with Gasteiger partial charge in [0.2, 0.25) is 5.91 Å². The molecule has 0 atom stereocenters. The highest BCUT2D eigenvalue weighted by Gasteiger charge is 2.23. The normalized spacial score (nSPS) is 13.4. The molecule has 5 nitrogen and oxygen atoms in total. The minimum absolute atomic E-state index is 0.122. The topological polar surface area (TPSA) is 58.6 Å². The summed E-state index contributed by atoms with van der Waals surface area (Å²) in [7, 11) is 1.79. The Morgan fingerprint density at radius 3 is 3.00 bits per heavy atom. The van der Waals surface area contributed by atoms with Gasteiger partial charge >= 0.3 is 6.09 Å². The molecule has 1 aromatic carbocycles. The molecule has 0 saturated carbocycles. The molecule has 1 aromatic rings. The van der Waals surface area contributed by atoms with E-state index in [4.69, 9.17) is 4.74 Å². The minimum atomic E-state index is -0.390. The Bertz CT molecular complexity index is 499. The van der Waals surface area contributed by atoms with E-state index in [9.17, 15) is 9.59 Å². The zero-order chi connectivity index (χ0) is 13.8. The van der Waals surface area contributed by atoms with Crippen LogP contribution in [0.3, 0.4) is 0 Å². The highest BCUT2D eigenvalue weighted by Crippen LogP contribution is 2.28. The van der Waals surface area contributed by atoms with Gasteiger partial charge in [-0.2, -0.15) is 0 Å². The SMILES string of the molecule is CCOC(=O)NCCc1ccc2c(c1)CC(=O)N2C. The fourth-order valence-corrected chi connectivity index (χ4v) is 2.17. The number of alkyl carbamates (subject to hydrolysis) is 1. The lowest BCUT2D eigenvalue weighted by Crippen LogP contribution is -2.26. The number of hydrogen-bond acceptors (Lipinski definition) is 3. The van der Waals surface area contributed by atoms with E-state index < -0.39 is 6.09 Å². The van der Waals surface area contributed by atoms with E-state index >= 15 is 0 Å². The molecule has 0 fully saturated rings. The monoisotopic (exact) mass is 262 g/mol. The molecule has 0 saturated heterocycles. The molecular weight excluding hydrogens is 244 g/mol. The number of fused-ring (bicyclic) bond motifs is 1. The smallest absolute Gasteiger partial charge is 0.407 e. The van der Waals surface area contributed by atoms with Crippen molar-refractivity contribution in [1.29, 1.82) is 0 Å². The molecule has 0 radical (unpaired) electrons. The van der Waals surface area contributed by atoms with Gasteiger partial charge in [-0.25, -0.2) is 4.79 Å². The Morgan fingerprint density at radius 2 is 2.26 bits per heavy atom. The van der Waals surface area contributed by atoms with Crippen LogP contribution in [0.25, 0.3) is 0 Å². The first kappa shape index (κ1) is 13.4. The second-order valence-corrected chi connectivity index (χ2v) is 4.49. The number of ether oxygens (including phenoxy) is 1. The number of amides is 2. The summed E-state index contributed by atoms with van der Waals surface area (Å²) in [6.07, 6.45) is 0.799. The number of benzene rings is 1. The third-order valence-corrected chi connectivity index (χ3v) is 3.18. The predicted octanol–water partition coefficient (Wildman–Crippen LogP) is 1.49. The Balaban J connectivity index is 1.91. The van der Waals surface area contributed by atoms with Crippen molar-refractivity contribution >= 4 is 17.7 Å². The van der Waals surface area contributed by atoms with Crippen molar-refractivity contribution in [2.24, 2.45) is 0 Å². The van der Waals surface area contributed by atoms with Crippen molar-refractivity contribution in [1.82, 2.24) is 5.32 Å². The maximum absolute atomic E-state index is 11.6. The zero-order valence-electron chi connectivity index (χ0n) is 11.2. The van der Waals surface area contributed by atoms with Crippen LogP contribution in [0.15, 0.2) is 18.2 Å². The van der Waals surface area contributed by atoms with E-state index in [1.807, 2.05) is 18.2 Å². The quantitative estimate of drug-likeness (QED) is 0.894. The first-order chi connectivity index (χ1) is 9.11. The van der Waals surface area contributed by atoms with Crippen LogP contribution in [-0.2, 0) is 22.4 Å². The van der Waals surface area contributed by atoms with Crippen LogP contribution < -0.4 is 10.2 Å². The summed E-state index contributed by atoms with van der Waals surface area (Å²) in [5, 5.41) is 2.68. The second kappa shape index (κ2) is 5.73. The van der Waals surface area contributed by atoms with Gasteiger partial charge in [0.15, 0.2) is 0 Å². The number of anilines is 1.